The smallest absolute Gasteiger partial charge is 0.160 e. The molecule has 0 saturated carbocycles. The molecule has 4 atom stereocenters. The minimum atomic E-state index is 0.390. The van der Waals surface area contributed by atoms with Crippen molar-refractivity contribution in [2.24, 2.45) is 11.8 Å². The second kappa shape index (κ2) is 15.3. The molecule has 4 unspecified atom stereocenters. The van der Waals surface area contributed by atoms with Crippen LogP contribution in [0.1, 0.15) is 63.9 Å². The van der Waals surface area contributed by atoms with Crippen molar-refractivity contribution in [2.45, 2.75) is 64.3 Å². The number of hydrogen-bond acceptors (Lipinski definition) is 3. The average Bonchev–Trinajstić information content (AvgIpc) is 3.84. The number of nitrogens with zero attached hydrogens (tertiary/aromatic N) is 4. The highest BCUT2D eigenvalue weighted by Gasteiger charge is 2.40. The van der Waals surface area contributed by atoms with Crippen molar-refractivity contribution in [3.8, 4) is 39.6 Å². The molecule has 0 radical (unpaired) electrons. The van der Waals surface area contributed by atoms with E-state index in [0.29, 0.717) is 17.9 Å². The quantitative estimate of drug-likeness (QED) is 0.154. The second-order valence-electron chi connectivity index (χ2n) is 17.1. The van der Waals surface area contributed by atoms with Crippen molar-refractivity contribution in [3.63, 3.8) is 0 Å². The van der Waals surface area contributed by atoms with E-state index in [4.69, 9.17) is 9.97 Å². The van der Waals surface area contributed by atoms with Crippen LogP contribution in [0.4, 0.5) is 0 Å². The maximum Gasteiger partial charge on any atom is 0.160 e. The van der Waals surface area contributed by atoms with Crippen LogP contribution in [0.5, 0.6) is 0 Å². The summed E-state index contributed by atoms with van der Waals surface area (Å²) >= 11 is 0. The zero-order valence-electron chi connectivity index (χ0n) is 34.5. The monoisotopic (exact) mass is 778 g/mol. The minimum Gasteiger partial charge on any atom is -0.334 e. The Morgan fingerprint density at radius 1 is 0.700 bits per heavy atom. The van der Waals surface area contributed by atoms with Gasteiger partial charge in [-0.3, -0.25) is 0 Å². The van der Waals surface area contributed by atoms with E-state index >= 15 is 0 Å². The molecule has 4 aliphatic rings. The molecule has 0 saturated heterocycles. The van der Waals surface area contributed by atoms with Gasteiger partial charge in [0.25, 0.3) is 0 Å². The van der Waals surface area contributed by atoms with Crippen molar-refractivity contribution in [3.05, 3.63) is 198 Å². The largest absolute Gasteiger partial charge is 0.334 e. The Hall–Kier alpha value is -6.52. The van der Waals surface area contributed by atoms with E-state index in [-0.39, 0.29) is 0 Å². The SMILES string of the molecule is CCC(C)C1C=CC(N2C3=C(CCC=C3)C3=CC(c4ccc5c(c4)c4ccccc4n5-c4ccc(-c5cc(-c6ccccc6)nc(-c6ccccc6)n5)cc4)CCC32)=CC1. The van der Waals surface area contributed by atoms with Gasteiger partial charge in [-0.25, -0.2) is 9.97 Å². The molecule has 60 heavy (non-hydrogen) atoms. The van der Waals surface area contributed by atoms with Crippen LogP contribution in [0.25, 0.3) is 61.4 Å². The first kappa shape index (κ1) is 36.6. The Labute approximate surface area is 353 Å². The van der Waals surface area contributed by atoms with Crippen LogP contribution >= 0.6 is 0 Å². The lowest BCUT2D eigenvalue weighted by atomic mass is 9.80. The second-order valence-corrected chi connectivity index (χ2v) is 17.1. The molecule has 5 aromatic carbocycles. The molecule has 2 aromatic heterocycles. The van der Waals surface area contributed by atoms with E-state index in [2.05, 4.69) is 169 Å². The molecule has 0 amide bonds. The predicted molar refractivity (Wildman–Crippen MR) is 249 cm³/mol. The maximum atomic E-state index is 5.09. The molecule has 0 N–H and O–H groups in total. The first-order valence-electron chi connectivity index (χ1n) is 22.0. The normalized spacial score (nSPS) is 20.3. The van der Waals surface area contributed by atoms with Crippen molar-refractivity contribution < 1.29 is 0 Å². The number of allylic oxidation sites excluding steroid dienone is 6. The predicted octanol–water partition coefficient (Wildman–Crippen LogP) is 14.2. The molecule has 0 fully saturated rings. The molecule has 11 rings (SSSR count). The number of para-hydroxylation sites is 1. The fourth-order valence-corrected chi connectivity index (χ4v) is 10.3. The first-order chi connectivity index (χ1) is 29.6. The summed E-state index contributed by atoms with van der Waals surface area (Å²) in [5.41, 5.74) is 15.9. The zero-order chi connectivity index (χ0) is 40.2. The molecule has 294 valence electrons. The lowest BCUT2D eigenvalue weighted by Gasteiger charge is -2.35. The van der Waals surface area contributed by atoms with Gasteiger partial charge < -0.3 is 9.47 Å². The number of aromatic nitrogens is 3. The lowest BCUT2D eigenvalue weighted by molar-refractivity contribution is 0.343. The fourth-order valence-electron chi connectivity index (χ4n) is 10.3. The van der Waals surface area contributed by atoms with Gasteiger partial charge in [-0.15, -0.1) is 0 Å². The molecule has 7 aromatic rings. The van der Waals surface area contributed by atoms with E-state index in [1.165, 1.54) is 45.2 Å². The van der Waals surface area contributed by atoms with Crippen LogP contribution < -0.4 is 0 Å². The molecule has 4 nitrogen and oxygen atoms in total. The van der Waals surface area contributed by atoms with E-state index < -0.39 is 0 Å². The third kappa shape index (κ3) is 6.37. The minimum absolute atomic E-state index is 0.390. The highest BCUT2D eigenvalue weighted by atomic mass is 15.2. The van der Waals surface area contributed by atoms with Gasteiger partial charge in [-0.2, -0.15) is 0 Å². The lowest BCUT2D eigenvalue weighted by Crippen LogP contribution is -2.32. The summed E-state index contributed by atoms with van der Waals surface area (Å²) in [7, 11) is 0. The Morgan fingerprint density at radius 3 is 2.17 bits per heavy atom. The summed E-state index contributed by atoms with van der Waals surface area (Å²) < 4.78 is 2.43. The van der Waals surface area contributed by atoms with Crippen LogP contribution in [-0.2, 0) is 0 Å². The molecular weight excluding hydrogens is 729 g/mol. The standard InChI is InChI=1S/C56H50N4/c1-3-37(2)38-22-28-44(29-23-38)59-52-20-12-10-18-46(52)48-34-42(26-32-54(48)59)43-27-33-55-49(35-43)47-19-11-13-21-53(47)60(55)45-30-24-40(25-31-45)51-36-50(39-14-6-4-7-15-39)57-56(58-51)41-16-8-5-9-17-41/h4-9,11-17,19-22,24-25,27-31,33-38,42,54H,3,10,18,23,26,32H2,1-2H3. The summed E-state index contributed by atoms with van der Waals surface area (Å²) in [5, 5.41) is 2.60. The Morgan fingerprint density at radius 2 is 1.42 bits per heavy atom. The summed E-state index contributed by atoms with van der Waals surface area (Å²) in [6.45, 7) is 4.71. The summed E-state index contributed by atoms with van der Waals surface area (Å²) in [6.07, 6.45) is 21.8. The molecule has 0 spiro atoms. The Kier molecular flexibility index (Phi) is 9.29. The van der Waals surface area contributed by atoms with Crippen molar-refractivity contribution in [2.75, 3.05) is 0 Å². The summed E-state index contributed by atoms with van der Waals surface area (Å²) in [6, 6.07) is 48.2. The molecule has 1 aliphatic heterocycles. The molecule has 3 aliphatic carbocycles. The van der Waals surface area contributed by atoms with Crippen LogP contribution in [0.15, 0.2) is 192 Å². The van der Waals surface area contributed by atoms with E-state index in [9.17, 15) is 0 Å². The van der Waals surface area contributed by atoms with Gasteiger partial charge in [0.05, 0.1) is 28.5 Å². The topological polar surface area (TPSA) is 34.0 Å². The average molecular weight is 779 g/mol. The Bertz CT molecular complexity index is 2850. The van der Waals surface area contributed by atoms with Crippen LogP contribution in [-0.4, -0.2) is 25.5 Å². The van der Waals surface area contributed by atoms with E-state index in [1.807, 2.05) is 24.3 Å². The molecular formula is C56H50N4. The van der Waals surface area contributed by atoms with Gasteiger partial charge in [0.15, 0.2) is 5.82 Å². The number of hydrogen-bond donors (Lipinski definition) is 0. The van der Waals surface area contributed by atoms with Gasteiger partial charge in [0.1, 0.15) is 0 Å². The Balaban J connectivity index is 0.930. The van der Waals surface area contributed by atoms with Crippen LogP contribution in [0, 0.1) is 11.8 Å². The summed E-state index contributed by atoms with van der Waals surface area (Å²) in [4.78, 5) is 12.8. The third-order valence-corrected chi connectivity index (χ3v) is 13.7. The van der Waals surface area contributed by atoms with Crippen molar-refractivity contribution in [1.82, 2.24) is 19.4 Å². The van der Waals surface area contributed by atoms with Gasteiger partial charge in [0.2, 0.25) is 0 Å². The van der Waals surface area contributed by atoms with Crippen LogP contribution in [0.3, 0.4) is 0 Å². The first-order valence-corrected chi connectivity index (χ1v) is 22.0. The maximum absolute atomic E-state index is 5.09. The highest BCUT2D eigenvalue weighted by Crippen LogP contribution is 2.49. The number of rotatable bonds is 8. The molecule has 4 heteroatoms. The number of benzene rings is 5. The highest BCUT2D eigenvalue weighted by molar-refractivity contribution is 6.09. The summed E-state index contributed by atoms with van der Waals surface area (Å²) in [5.74, 6) is 2.49. The van der Waals surface area contributed by atoms with Gasteiger partial charge in [-0.1, -0.05) is 142 Å². The van der Waals surface area contributed by atoms with E-state index in [1.54, 1.807) is 11.1 Å². The van der Waals surface area contributed by atoms with Gasteiger partial charge in [-0.05, 0) is 109 Å². The van der Waals surface area contributed by atoms with Crippen molar-refractivity contribution in [1.29, 1.82) is 0 Å². The van der Waals surface area contributed by atoms with Gasteiger partial charge in [0, 0.05) is 50.5 Å². The van der Waals surface area contributed by atoms with Gasteiger partial charge >= 0.3 is 0 Å². The molecule has 3 heterocycles. The van der Waals surface area contributed by atoms with E-state index in [0.717, 1.165) is 77.6 Å². The third-order valence-electron chi connectivity index (χ3n) is 13.7. The zero-order valence-corrected chi connectivity index (χ0v) is 34.5. The van der Waals surface area contributed by atoms with Crippen molar-refractivity contribution >= 4 is 21.8 Å². The fraction of sp³-hybridized carbons (Fsp3) is 0.214. The van der Waals surface area contributed by atoms with Crippen LogP contribution in [0.2, 0.25) is 0 Å². The molecule has 0 bridgehead atoms. The number of fused-ring (bicyclic) bond motifs is 5.